The van der Waals surface area contributed by atoms with Gasteiger partial charge in [0, 0.05) is 40.8 Å². The van der Waals surface area contributed by atoms with Crippen LogP contribution in [0.3, 0.4) is 0 Å². The van der Waals surface area contributed by atoms with Crippen molar-refractivity contribution in [1.82, 2.24) is 19.4 Å². The fourth-order valence-electron chi connectivity index (χ4n) is 2.29. The highest BCUT2D eigenvalue weighted by atomic mass is 32.2. The summed E-state index contributed by atoms with van der Waals surface area (Å²) in [6.07, 6.45) is 7.58. The number of hydrogen-bond acceptors (Lipinski definition) is 4. The molecule has 3 aromatic heterocycles. The molecule has 0 N–H and O–H groups in total. The number of benzene rings is 1. The van der Waals surface area contributed by atoms with E-state index in [9.17, 15) is 0 Å². The van der Waals surface area contributed by atoms with Gasteiger partial charge >= 0.3 is 0 Å². The van der Waals surface area contributed by atoms with E-state index in [1.807, 2.05) is 35.1 Å². The van der Waals surface area contributed by atoms with Crippen molar-refractivity contribution < 1.29 is 0 Å². The van der Waals surface area contributed by atoms with Crippen LogP contribution < -0.4 is 0 Å². The van der Waals surface area contributed by atoms with E-state index in [2.05, 4.69) is 39.2 Å². The average Bonchev–Trinajstić information content (AvgIpc) is 2.96. The van der Waals surface area contributed by atoms with Gasteiger partial charge in [0.25, 0.3) is 0 Å². The summed E-state index contributed by atoms with van der Waals surface area (Å²) in [6, 6.07) is 12.2. The third-order valence-corrected chi connectivity index (χ3v) is 4.34. The molecule has 0 spiro atoms. The number of imidazole rings is 1. The first kappa shape index (κ1) is 12.3. The second-order valence-electron chi connectivity index (χ2n) is 4.68. The van der Waals surface area contributed by atoms with Crippen LogP contribution in [0.5, 0.6) is 0 Å². The van der Waals surface area contributed by atoms with Gasteiger partial charge in [-0.05, 0) is 18.2 Å². The molecule has 102 valence electrons. The minimum atomic E-state index is 0.740. The maximum absolute atomic E-state index is 4.52. The van der Waals surface area contributed by atoms with Crippen LogP contribution >= 0.6 is 11.8 Å². The predicted octanol–water partition coefficient (Wildman–Crippen LogP) is 3.57. The summed E-state index contributed by atoms with van der Waals surface area (Å²) in [4.78, 5) is 14.4. The second kappa shape index (κ2) is 5.18. The zero-order chi connectivity index (χ0) is 14.1. The lowest BCUT2D eigenvalue weighted by molar-refractivity contribution is 1.11. The van der Waals surface area contributed by atoms with Gasteiger partial charge in [-0.3, -0.25) is 9.38 Å². The largest absolute Gasteiger partial charge is 0.291 e. The van der Waals surface area contributed by atoms with Gasteiger partial charge in [-0.25, -0.2) is 9.97 Å². The molecule has 4 rings (SSSR count). The van der Waals surface area contributed by atoms with Crippen LogP contribution in [0.15, 0.2) is 66.1 Å². The van der Waals surface area contributed by atoms with Crippen molar-refractivity contribution in [2.24, 2.45) is 0 Å². The fourth-order valence-corrected chi connectivity index (χ4v) is 3.22. The Labute approximate surface area is 125 Å². The summed E-state index contributed by atoms with van der Waals surface area (Å²) in [6.45, 7) is 0. The van der Waals surface area contributed by atoms with Gasteiger partial charge in [-0.15, -0.1) is 11.8 Å². The Balaban J connectivity index is 1.63. The minimum absolute atomic E-state index is 0.740. The molecule has 0 aliphatic carbocycles. The van der Waals surface area contributed by atoms with E-state index < -0.39 is 0 Å². The predicted molar refractivity (Wildman–Crippen MR) is 84.3 cm³/mol. The number of thioether (sulfide) groups is 1. The molecule has 3 heterocycles. The molecule has 1 aromatic carbocycles. The van der Waals surface area contributed by atoms with Crippen molar-refractivity contribution in [3.8, 4) is 0 Å². The van der Waals surface area contributed by atoms with Gasteiger partial charge < -0.3 is 0 Å². The SMILES string of the molecule is c1cnc2c(SCc3cn4cccnc4n3)cccc2c1. The molecule has 4 nitrogen and oxygen atoms in total. The van der Waals surface area contributed by atoms with Crippen molar-refractivity contribution in [2.75, 3.05) is 0 Å². The lowest BCUT2D eigenvalue weighted by Crippen LogP contribution is -1.84. The fraction of sp³-hybridized carbons (Fsp3) is 0.0625. The lowest BCUT2D eigenvalue weighted by atomic mass is 10.2. The quantitative estimate of drug-likeness (QED) is 0.541. The van der Waals surface area contributed by atoms with E-state index in [0.29, 0.717) is 0 Å². The molecule has 21 heavy (non-hydrogen) atoms. The molecule has 0 amide bonds. The van der Waals surface area contributed by atoms with Crippen molar-refractivity contribution in [3.63, 3.8) is 0 Å². The molecule has 0 radical (unpaired) electrons. The normalized spacial score (nSPS) is 11.2. The molecule has 5 heteroatoms. The number of nitrogens with zero attached hydrogens (tertiary/aromatic N) is 4. The highest BCUT2D eigenvalue weighted by Gasteiger charge is 2.06. The second-order valence-corrected chi connectivity index (χ2v) is 5.70. The van der Waals surface area contributed by atoms with E-state index in [1.165, 1.54) is 10.3 Å². The van der Waals surface area contributed by atoms with Gasteiger partial charge in [-0.1, -0.05) is 18.2 Å². The molecular formula is C16H12N4S. The van der Waals surface area contributed by atoms with Crippen LogP contribution in [-0.2, 0) is 5.75 Å². The molecule has 0 aliphatic rings. The molecule has 0 aliphatic heterocycles. The highest BCUT2D eigenvalue weighted by Crippen LogP contribution is 2.28. The van der Waals surface area contributed by atoms with E-state index in [4.69, 9.17) is 0 Å². The zero-order valence-corrected chi connectivity index (χ0v) is 12.0. The molecule has 0 unspecified atom stereocenters. The molecule has 0 bridgehead atoms. The third-order valence-electron chi connectivity index (χ3n) is 3.26. The summed E-state index contributed by atoms with van der Waals surface area (Å²) in [5.74, 6) is 1.54. The number of hydrogen-bond donors (Lipinski definition) is 0. The van der Waals surface area contributed by atoms with Crippen LogP contribution in [0.25, 0.3) is 16.7 Å². The molecule has 0 saturated heterocycles. The Hall–Kier alpha value is -2.40. The summed E-state index contributed by atoms with van der Waals surface area (Å²) >= 11 is 1.75. The maximum atomic E-state index is 4.52. The Morgan fingerprint density at radius 3 is 2.86 bits per heavy atom. The minimum Gasteiger partial charge on any atom is -0.291 e. The van der Waals surface area contributed by atoms with Gasteiger partial charge in [0.05, 0.1) is 11.2 Å². The van der Waals surface area contributed by atoms with Gasteiger partial charge in [0.2, 0.25) is 5.78 Å². The summed E-state index contributed by atoms with van der Waals surface area (Å²) in [5, 5.41) is 1.17. The topological polar surface area (TPSA) is 43.1 Å². The monoisotopic (exact) mass is 292 g/mol. The van der Waals surface area contributed by atoms with Gasteiger partial charge in [0.1, 0.15) is 0 Å². The van der Waals surface area contributed by atoms with Crippen LogP contribution in [0.2, 0.25) is 0 Å². The Morgan fingerprint density at radius 1 is 1.00 bits per heavy atom. The molecule has 0 saturated carbocycles. The molecular weight excluding hydrogens is 280 g/mol. The maximum Gasteiger partial charge on any atom is 0.233 e. The first-order valence-electron chi connectivity index (χ1n) is 6.65. The first-order chi connectivity index (χ1) is 10.4. The van der Waals surface area contributed by atoms with Crippen molar-refractivity contribution in [1.29, 1.82) is 0 Å². The number of rotatable bonds is 3. The highest BCUT2D eigenvalue weighted by molar-refractivity contribution is 7.98. The number of pyridine rings is 1. The average molecular weight is 292 g/mol. The number of para-hydroxylation sites is 1. The van der Waals surface area contributed by atoms with E-state index in [1.54, 1.807) is 18.0 Å². The van der Waals surface area contributed by atoms with Gasteiger partial charge in [-0.2, -0.15) is 0 Å². The number of aromatic nitrogens is 4. The van der Waals surface area contributed by atoms with Crippen molar-refractivity contribution in [3.05, 3.63) is 66.9 Å². The van der Waals surface area contributed by atoms with Crippen LogP contribution in [-0.4, -0.2) is 19.4 Å². The van der Waals surface area contributed by atoms with Crippen LogP contribution in [0.4, 0.5) is 0 Å². The number of fused-ring (bicyclic) bond motifs is 2. The summed E-state index contributed by atoms with van der Waals surface area (Å²) < 4.78 is 1.94. The standard InChI is InChI=1S/C16H12N4S/c1-4-12-5-2-7-17-15(12)14(6-1)21-11-13-10-20-9-3-8-18-16(20)19-13/h1-10H,11H2. The smallest absolute Gasteiger partial charge is 0.233 e. The Morgan fingerprint density at radius 2 is 1.90 bits per heavy atom. The molecule has 0 fully saturated rings. The summed E-state index contributed by atoms with van der Waals surface area (Å²) in [5.41, 5.74) is 2.07. The van der Waals surface area contributed by atoms with E-state index >= 15 is 0 Å². The third kappa shape index (κ3) is 2.36. The first-order valence-corrected chi connectivity index (χ1v) is 7.64. The van der Waals surface area contributed by atoms with Crippen molar-refractivity contribution >= 4 is 28.4 Å². The molecule has 4 aromatic rings. The Bertz CT molecular complexity index is 878. The van der Waals surface area contributed by atoms with E-state index in [-0.39, 0.29) is 0 Å². The van der Waals surface area contributed by atoms with Crippen LogP contribution in [0.1, 0.15) is 5.69 Å². The van der Waals surface area contributed by atoms with Gasteiger partial charge in [0.15, 0.2) is 0 Å². The lowest BCUT2D eigenvalue weighted by Gasteiger charge is -2.03. The van der Waals surface area contributed by atoms with Crippen LogP contribution in [0, 0.1) is 0 Å². The van der Waals surface area contributed by atoms with Crippen molar-refractivity contribution in [2.45, 2.75) is 10.6 Å². The summed E-state index contributed by atoms with van der Waals surface area (Å²) in [7, 11) is 0. The zero-order valence-electron chi connectivity index (χ0n) is 11.2. The van der Waals surface area contributed by atoms with E-state index in [0.717, 1.165) is 22.7 Å². The molecule has 0 atom stereocenters. The Kier molecular flexibility index (Phi) is 3.05.